The van der Waals surface area contributed by atoms with Crippen molar-refractivity contribution in [1.82, 2.24) is 9.88 Å². The molecule has 0 radical (unpaired) electrons. The minimum absolute atomic E-state index is 0.263. The van der Waals surface area contributed by atoms with Crippen molar-refractivity contribution in [2.24, 2.45) is 0 Å². The number of ether oxygens (including phenoxy) is 3. The Morgan fingerprint density at radius 2 is 2.26 bits per heavy atom. The van der Waals surface area contributed by atoms with Gasteiger partial charge >= 0.3 is 6.09 Å². The second-order valence-corrected chi connectivity index (χ2v) is 8.06. The highest BCUT2D eigenvalue weighted by Gasteiger charge is 2.29. The lowest BCUT2D eigenvalue weighted by Gasteiger charge is -2.34. The molecule has 1 amide bonds. The fourth-order valence-electron chi connectivity index (χ4n) is 2.58. The van der Waals surface area contributed by atoms with Crippen LogP contribution in [0.15, 0.2) is 30.5 Å². The van der Waals surface area contributed by atoms with Gasteiger partial charge in [-0.15, -0.1) is 0 Å². The molecule has 1 atom stereocenters. The van der Waals surface area contributed by atoms with Crippen molar-refractivity contribution in [3.8, 4) is 17.0 Å². The van der Waals surface area contributed by atoms with E-state index in [4.69, 9.17) is 19.5 Å². The molecule has 1 saturated heterocycles. The summed E-state index contributed by atoms with van der Waals surface area (Å²) in [5, 5.41) is 9.28. The summed E-state index contributed by atoms with van der Waals surface area (Å²) < 4.78 is 17.0. The summed E-state index contributed by atoms with van der Waals surface area (Å²) in [7, 11) is 0. The number of morpholine rings is 1. The van der Waals surface area contributed by atoms with Crippen LogP contribution in [0, 0.1) is 11.3 Å². The maximum absolute atomic E-state index is 12.3. The highest BCUT2D eigenvalue weighted by atomic mass is 32.1. The number of aromatic nitrogens is 1. The van der Waals surface area contributed by atoms with Gasteiger partial charge in [-0.2, -0.15) is 5.26 Å². The second kappa shape index (κ2) is 7.94. The average Bonchev–Trinajstić information content (AvgIpc) is 3.08. The molecule has 27 heavy (non-hydrogen) atoms. The van der Waals surface area contributed by atoms with Crippen LogP contribution in [0.2, 0.25) is 0 Å². The van der Waals surface area contributed by atoms with Crippen LogP contribution in [-0.2, 0) is 9.47 Å². The first-order valence-corrected chi connectivity index (χ1v) is 9.39. The Balaban J connectivity index is 1.68. The van der Waals surface area contributed by atoms with Crippen molar-refractivity contribution in [3.63, 3.8) is 0 Å². The number of hydrogen-bond acceptors (Lipinski definition) is 7. The standard InChI is InChI=1S/C19H21N3O4S/c1-19(2,3)26-18(23)22-7-8-24-16(12-22)13-5-4-6-14(9-13)25-17-21-11-15(10-20)27-17/h4-6,9,11,16H,7-8,12H2,1-3H3. The van der Waals surface area contributed by atoms with Gasteiger partial charge in [-0.05, 0) is 38.5 Å². The number of hydrogen-bond donors (Lipinski definition) is 0. The van der Waals surface area contributed by atoms with E-state index in [0.29, 0.717) is 35.5 Å². The molecule has 1 aliphatic heterocycles. The van der Waals surface area contributed by atoms with Gasteiger partial charge in [0.05, 0.1) is 19.3 Å². The molecule has 2 heterocycles. The fraction of sp³-hybridized carbons (Fsp3) is 0.421. The monoisotopic (exact) mass is 387 g/mol. The minimum atomic E-state index is -0.533. The number of rotatable bonds is 3. The molecule has 2 aromatic rings. The summed E-state index contributed by atoms with van der Waals surface area (Å²) in [5.41, 5.74) is 0.368. The quantitative estimate of drug-likeness (QED) is 0.788. The van der Waals surface area contributed by atoms with Crippen LogP contribution in [0.25, 0.3) is 0 Å². The molecule has 8 heteroatoms. The number of nitrogens with zero attached hydrogens (tertiary/aromatic N) is 3. The zero-order chi connectivity index (χ0) is 19.4. The van der Waals surface area contributed by atoms with E-state index >= 15 is 0 Å². The Kier molecular flexibility index (Phi) is 5.63. The summed E-state index contributed by atoms with van der Waals surface area (Å²) in [6, 6.07) is 9.49. The zero-order valence-electron chi connectivity index (χ0n) is 15.5. The Morgan fingerprint density at radius 3 is 2.96 bits per heavy atom. The molecule has 1 fully saturated rings. The number of carbonyl (C=O) groups excluding carboxylic acids is 1. The van der Waals surface area contributed by atoms with Crippen LogP contribution in [0.5, 0.6) is 10.9 Å². The van der Waals surface area contributed by atoms with E-state index in [1.807, 2.05) is 51.1 Å². The van der Waals surface area contributed by atoms with Crippen molar-refractivity contribution < 1.29 is 19.0 Å². The smallest absolute Gasteiger partial charge is 0.410 e. The largest absolute Gasteiger partial charge is 0.444 e. The number of benzene rings is 1. The molecule has 0 aliphatic carbocycles. The van der Waals surface area contributed by atoms with E-state index in [2.05, 4.69) is 4.98 Å². The number of nitriles is 1. The van der Waals surface area contributed by atoms with Crippen molar-refractivity contribution in [3.05, 3.63) is 40.9 Å². The van der Waals surface area contributed by atoms with Crippen molar-refractivity contribution >= 4 is 17.4 Å². The molecule has 1 aromatic carbocycles. The maximum Gasteiger partial charge on any atom is 0.410 e. The molecule has 0 bridgehead atoms. The predicted molar refractivity (Wildman–Crippen MR) is 99.8 cm³/mol. The van der Waals surface area contributed by atoms with Gasteiger partial charge in [-0.25, -0.2) is 9.78 Å². The molecule has 0 N–H and O–H groups in total. The first-order valence-electron chi connectivity index (χ1n) is 8.57. The Bertz CT molecular complexity index is 853. The van der Waals surface area contributed by atoms with Gasteiger partial charge < -0.3 is 19.1 Å². The van der Waals surface area contributed by atoms with Gasteiger partial charge in [-0.1, -0.05) is 23.5 Å². The first-order chi connectivity index (χ1) is 12.8. The second-order valence-electron chi connectivity index (χ2n) is 7.06. The van der Waals surface area contributed by atoms with E-state index in [1.165, 1.54) is 17.5 Å². The molecule has 1 aliphatic rings. The zero-order valence-corrected chi connectivity index (χ0v) is 16.3. The summed E-state index contributed by atoms with van der Waals surface area (Å²) in [4.78, 5) is 18.5. The van der Waals surface area contributed by atoms with E-state index in [-0.39, 0.29) is 12.2 Å². The number of thiazole rings is 1. The first kappa shape index (κ1) is 19.1. The maximum atomic E-state index is 12.3. The minimum Gasteiger partial charge on any atom is -0.444 e. The molecule has 7 nitrogen and oxygen atoms in total. The summed E-state index contributed by atoms with van der Waals surface area (Å²) in [5.74, 6) is 0.601. The Labute approximate surface area is 162 Å². The van der Waals surface area contributed by atoms with E-state index in [0.717, 1.165) is 5.56 Å². The van der Waals surface area contributed by atoms with Crippen molar-refractivity contribution in [2.45, 2.75) is 32.5 Å². The van der Waals surface area contributed by atoms with Crippen LogP contribution >= 0.6 is 11.3 Å². The topological polar surface area (TPSA) is 84.7 Å². The number of carbonyl (C=O) groups is 1. The van der Waals surface area contributed by atoms with Crippen LogP contribution in [-0.4, -0.2) is 41.3 Å². The van der Waals surface area contributed by atoms with Gasteiger partial charge in [0.25, 0.3) is 5.19 Å². The normalized spacial score (nSPS) is 17.3. The van der Waals surface area contributed by atoms with Gasteiger partial charge in [0.1, 0.15) is 28.4 Å². The lowest BCUT2D eigenvalue weighted by Crippen LogP contribution is -2.44. The third-order valence-corrected chi connectivity index (χ3v) is 4.53. The van der Waals surface area contributed by atoms with Gasteiger partial charge in [0, 0.05) is 6.54 Å². The van der Waals surface area contributed by atoms with Crippen molar-refractivity contribution in [1.29, 1.82) is 5.26 Å². The summed E-state index contributed by atoms with van der Waals surface area (Å²) >= 11 is 1.18. The highest BCUT2D eigenvalue weighted by molar-refractivity contribution is 7.13. The summed E-state index contributed by atoms with van der Waals surface area (Å²) in [6.45, 7) is 6.89. The molecular weight excluding hydrogens is 366 g/mol. The van der Waals surface area contributed by atoms with E-state index < -0.39 is 5.60 Å². The Morgan fingerprint density at radius 1 is 1.44 bits per heavy atom. The predicted octanol–water partition coefficient (Wildman–Crippen LogP) is 4.12. The SMILES string of the molecule is CC(C)(C)OC(=O)N1CCOC(c2cccc(Oc3ncc(C#N)s3)c2)C1. The highest BCUT2D eigenvalue weighted by Crippen LogP contribution is 2.30. The van der Waals surface area contributed by atoms with Crippen LogP contribution in [0.3, 0.4) is 0 Å². The molecule has 1 aromatic heterocycles. The lowest BCUT2D eigenvalue weighted by atomic mass is 10.1. The molecule has 1 unspecified atom stereocenters. The molecule has 0 saturated carbocycles. The third kappa shape index (κ3) is 5.18. The molecular formula is C19H21N3O4S. The molecule has 0 spiro atoms. The van der Waals surface area contributed by atoms with E-state index in [9.17, 15) is 4.79 Å². The van der Waals surface area contributed by atoms with Crippen LogP contribution < -0.4 is 4.74 Å². The summed E-state index contributed by atoms with van der Waals surface area (Å²) in [6.07, 6.45) is 0.878. The van der Waals surface area contributed by atoms with Crippen molar-refractivity contribution in [2.75, 3.05) is 19.7 Å². The van der Waals surface area contributed by atoms with Crippen LogP contribution in [0.4, 0.5) is 4.79 Å². The number of amides is 1. The third-order valence-electron chi connectivity index (χ3n) is 3.75. The van der Waals surface area contributed by atoms with Gasteiger partial charge in [0.2, 0.25) is 0 Å². The molecule has 142 valence electrons. The molecule has 3 rings (SSSR count). The average molecular weight is 387 g/mol. The Hall–Kier alpha value is -2.63. The van der Waals surface area contributed by atoms with Gasteiger partial charge in [-0.3, -0.25) is 0 Å². The van der Waals surface area contributed by atoms with Gasteiger partial charge in [0.15, 0.2) is 0 Å². The van der Waals surface area contributed by atoms with Crippen LogP contribution in [0.1, 0.15) is 37.3 Å². The lowest BCUT2D eigenvalue weighted by molar-refractivity contribution is -0.0433. The fourth-order valence-corrected chi connectivity index (χ4v) is 3.16. The van der Waals surface area contributed by atoms with E-state index in [1.54, 1.807) is 4.90 Å².